The summed E-state index contributed by atoms with van der Waals surface area (Å²) in [4.78, 5) is 0. The van der Waals surface area contributed by atoms with Gasteiger partial charge in [0.2, 0.25) is 6.10 Å². The number of nitrogens with two attached hydrogens (primary N) is 1. The number of benzene rings is 1. The van der Waals surface area contributed by atoms with Crippen LogP contribution in [0.4, 0.5) is 32.0 Å². The maximum absolute atomic E-state index is 11.0. The van der Waals surface area contributed by atoms with Crippen LogP contribution in [0.25, 0.3) is 0 Å². The second-order valence-electron chi connectivity index (χ2n) is 2.90. The van der Waals surface area contributed by atoms with E-state index in [4.69, 9.17) is 10.8 Å². The summed E-state index contributed by atoms with van der Waals surface area (Å²) in [5.74, 6) is 0. The SMILES string of the molecule is Nc1ccccc1.OC(C(F)(F)F)C(F)(F)F. The summed E-state index contributed by atoms with van der Waals surface area (Å²) in [6.07, 6.45) is -15.5. The van der Waals surface area contributed by atoms with E-state index in [9.17, 15) is 26.3 Å². The van der Waals surface area contributed by atoms with E-state index in [1.165, 1.54) is 0 Å². The molecule has 0 saturated carbocycles. The molecular weight excluding hydrogens is 252 g/mol. The van der Waals surface area contributed by atoms with Gasteiger partial charge in [-0.15, -0.1) is 0 Å². The number of hydrogen-bond donors (Lipinski definition) is 2. The number of hydrogen-bond acceptors (Lipinski definition) is 2. The van der Waals surface area contributed by atoms with Gasteiger partial charge in [0.25, 0.3) is 0 Å². The normalized spacial score (nSPS) is 12.0. The molecule has 1 rings (SSSR count). The van der Waals surface area contributed by atoms with Crippen LogP contribution in [0, 0.1) is 0 Å². The molecule has 8 heteroatoms. The molecule has 1 aromatic rings. The maximum atomic E-state index is 11.0. The maximum Gasteiger partial charge on any atom is 0.423 e. The minimum atomic E-state index is -5.63. The first-order valence-corrected chi connectivity index (χ1v) is 4.17. The zero-order chi connectivity index (χ0) is 13.7. The molecule has 0 heterocycles. The lowest BCUT2D eigenvalue weighted by molar-refractivity contribution is -0.308. The van der Waals surface area contributed by atoms with Crippen molar-refractivity contribution in [3.8, 4) is 0 Å². The highest BCUT2D eigenvalue weighted by atomic mass is 19.4. The smallest absolute Gasteiger partial charge is 0.399 e. The first kappa shape index (κ1) is 15.6. The molecule has 0 aliphatic carbocycles. The summed E-state index contributed by atoms with van der Waals surface area (Å²) in [6, 6.07) is 9.49. The van der Waals surface area contributed by atoms with Crippen molar-refractivity contribution in [3.05, 3.63) is 30.3 Å². The largest absolute Gasteiger partial charge is 0.423 e. The first-order valence-electron chi connectivity index (χ1n) is 4.17. The molecule has 0 amide bonds. The van der Waals surface area contributed by atoms with Crippen molar-refractivity contribution < 1.29 is 31.4 Å². The number of aliphatic hydroxyl groups is 1. The zero-order valence-corrected chi connectivity index (χ0v) is 8.26. The molecule has 0 fully saturated rings. The lowest BCUT2D eigenvalue weighted by Gasteiger charge is -2.16. The second-order valence-corrected chi connectivity index (χ2v) is 2.90. The van der Waals surface area contributed by atoms with Crippen LogP contribution in [0.15, 0.2) is 30.3 Å². The van der Waals surface area contributed by atoms with Gasteiger partial charge in [0.15, 0.2) is 0 Å². The third-order valence-corrected chi connectivity index (χ3v) is 1.42. The van der Waals surface area contributed by atoms with E-state index in [0.29, 0.717) is 0 Å². The molecule has 2 nitrogen and oxygen atoms in total. The van der Waals surface area contributed by atoms with Crippen LogP contribution >= 0.6 is 0 Å². The summed E-state index contributed by atoms with van der Waals surface area (Å²) < 4.78 is 65.9. The van der Waals surface area contributed by atoms with Gasteiger partial charge in [-0.25, -0.2) is 0 Å². The van der Waals surface area contributed by atoms with E-state index in [1.807, 2.05) is 30.3 Å². The molecule has 0 saturated heterocycles. The summed E-state index contributed by atoms with van der Waals surface area (Å²) in [7, 11) is 0. The van der Waals surface area contributed by atoms with Gasteiger partial charge in [0, 0.05) is 5.69 Å². The molecule has 0 radical (unpaired) electrons. The Morgan fingerprint density at radius 2 is 1.24 bits per heavy atom. The van der Waals surface area contributed by atoms with Crippen molar-refractivity contribution in [2.45, 2.75) is 18.5 Å². The second kappa shape index (κ2) is 5.76. The number of halogens is 6. The monoisotopic (exact) mass is 261 g/mol. The number of alkyl halides is 6. The molecule has 0 aromatic heterocycles. The number of nitrogen functional groups attached to an aromatic ring is 1. The highest BCUT2D eigenvalue weighted by Gasteiger charge is 2.55. The molecule has 17 heavy (non-hydrogen) atoms. The first-order chi connectivity index (χ1) is 7.55. The van der Waals surface area contributed by atoms with Crippen LogP contribution in [-0.4, -0.2) is 23.6 Å². The van der Waals surface area contributed by atoms with Crippen molar-refractivity contribution in [1.29, 1.82) is 0 Å². The number of rotatable bonds is 0. The van der Waals surface area contributed by atoms with Gasteiger partial charge in [-0.05, 0) is 12.1 Å². The quantitative estimate of drug-likeness (QED) is 0.557. The van der Waals surface area contributed by atoms with Gasteiger partial charge in [0.05, 0.1) is 0 Å². The van der Waals surface area contributed by atoms with E-state index in [0.717, 1.165) is 5.69 Å². The van der Waals surface area contributed by atoms with Crippen molar-refractivity contribution in [2.24, 2.45) is 0 Å². The lowest BCUT2D eigenvalue weighted by atomic mass is 10.3. The van der Waals surface area contributed by atoms with Crippen LogP contribution in [0.1, 0.15) is 0 Å². The Hall–Kier alpha value is -1.44. The third kappa shape index (κ3) is 6.67. The Kier molecular flexibility index (Phi) is 5.27. The molecule has 98 valence electrons. The van der Waals surface area contributed by atoms with Crippen molar-refractivity contribution in [2.75, 3.05) is 5.73 Å². The standard InChI is InChI=1S/C6H7N.C3H2F6O/c7-6-4-2-1-3-5-6;4-2(5,6)1(10)3(7,8)9/h1-5H,7H2;1,10H. The molecular formula is C9H9F6NO. The molecule has 0 atom stereocenters. The van der Waals surface area contributed by atoms with Crippen LogP contribution in [0.5, 0.6) is 0 Å². The van der Waals surface area contributed by atoms with Crippen LogP contribution < -0.4 is 5.73 Å². The van der Waals surface area contributed by atoms with Crippen LogP contribution in [0.2, 0.25) is 0 Å². The highest BCUT2D eigenvalue weighted by Crippen LogP contribution is 2.32. The average Bonchev–Trinajstić information content (AvgIpc) is 2.16. The van der Waals surface area contributed by atoms with Crippen LogP contribution in [0.3, 0.4) is 0 Å². The van der Waals surface area contributed by atoms with Gasteiger partial charge < -0.3 is 10.8 Å². The fourth-order valence-corrected chi connectivity index (χ4v) is 0.639. The Morgan fingerprint density at radius 1 is 0.882 bits per heavy atom. The Bertz CT molecular complexity index is 306. The van der Waals surface area contributed by atoms with Crippen molar-refractivity contribution >= 4 is 5.69 Å². The number of para-hydroxylation sites is 1. The summed E-state index contributed by atoms with van der Waals surface area (Å²) in [5, 5.41) is 7.47. The summed E-state index contributed by atoms with van der Waals surface area (Å²) in [5.41, 5.74) is 6.18. The summed E-state index contributed by atoms with van der Waals surface area (Å²) >= 11 is 0. The molecule has 0 aliphatic rings. The Morgan fingerprint density at radius 3 is 1.35 bits per heavy atom. The van der Waals surface area contributed by atoms with E-state index in [2.05, 4.69) is 0 Å². The third-order valence-electron chi connectivity index (χ3n) is 1.42. The molecule has 0 aliphatic heterocycles. The number of anilines is 1. The van der Waals surface area contributed by atoms with Gasteiger partial charge in [-0.3, -0.25) is 0 Å². The number of aliphatic hydroxyl groups excluding tert-OH is 1. The predicted molar refractivity (Wildman–Crippen MR) is 49.0 cm³/mol. The lowest BCUT2D eigenvalue weighted by Crippen LogP contribution is -2.41. The van der Waals surface area contributed by atoms with Gasteiger partial charge in [-0.1, -0.05) is 18.2 Å². The minimum absolute atomic E-state index is 0.822. The minimum Gasteiger partial charge on any atom is -0.399 e. The molecule has 1 aromatic carbocycles. The highest BCUT2D eigenvalue weighted by molar-refractivity contribution is 5.35. The topological polar surface area (TPSA) is 46.2 Å². The Balaban J connectivity index is 0.000000318. The van der Waals surface area contributed by atoms with Gasteiger partial charge in [-0.2, -0.15) is 26.3 Å². The van der Waals surface area contributed by atoms with Gasteiger partial charge in [0.1, 0.15) is 0 Å². The fraction of sp³-hybridized carbons (Fsp3) is 0.333. The molecule has 0 spiro atoms. The predicted octanol–water partition coefficient (Wildman–Crippen LogP) is 2.74. The average molecular weight is 261 g/mol. The van der Waals surface area contributed by atoms with Crippen molar-refractivity contribution in [1.82, 2.24) is 0 Å². The Labute approximate surface area is 92.7 Å². The zero-order valence-electron chi connectivity index (χ0n) is 8.26. The van der Waals surface area contributed by atoms with E-state index in [-0.39, 0.29) is 0 Å². The van der Waals surface area contributed by atoms with Crippen molar-refractivity contribution in [3.63, 3.8) is 0 Å². The molecule has 3 N–H and O–H groups in total. The molecule has 0 unspecified atom stereocenters. The van der Waals surface area contributed by atoms with E-state index in [1.54, 1.807) is 0 Å². The molecule has 0 bridgehead atoms. The summed E-state index contributed by atoms with van der Waals surface area (Å²) in [6.45, 7) is 0. The van der Waals surface area contributed by atoms with E-state index < -0.39 is 18.5 Å². The van der Waals surface area contributed by atoms with Gasteiger partial charge >= 0.3 is 12.4 Å². The van der Waals surface area contributed by atoms with Crippen LogP contribution in [-0.2, 0) is 0 Å². The fourth-order valence-electron chi connectivity index (χ4n) is 0.639. The van der Waals surface area contributed by atoms with E-state index >= 15 is 0 Å².